The second-order valence-electron chi connectivity index (χ2n) is 6.72. The van der Waals surface area contributed by atoms with Crippen molar-refractivity contribution in [3.05, 3.63) is 62.7 Å². The van der Waals surface area contributed by atoms with Crippen LogP contribution in [0.3, 0.4) is 0 Å². The van der Waals surface area contributed by atoms with Gasteiger partial charge in [-0.3, -0.25) is 14.3 Å². The molecule has 0 bridgehead atoms. The molecule has 0 aliphatic rings. The zero-order chi connectivity index (χ0) is 23.9. The number of benzene rings is 1. The van der Waals surface area contributed by atoms with Gasteiger partial charge >= 0.3 is 11.9 Å². The number of ether oxygens (including phenoxy) is 2. The van der Waals surface area contributed by atoms with Crippen molar-refractivity contribution in [1.82, 2.24) is 14.3 Å². The zero-order valence-electron chi connectivity index (χ0n) is 16.8. The van der Waals surface area contributed by atoms with Gasteiger partial charge in [-0.25, -0.2) is 22.3 Å². The van der Waals surface area contributed by atoms with Crippen LogP contribution in [0.1, 0.15) is 24.9 Å². The van der Waals surface area contributed by atoms with Crippen molar-refractivity contribution < 1.29 is 35.5 Å². The van der Waals surface area contributed by atoms with Crippen LogP contribution in [0.5, 0.6) is 5.75 Å². The number of aromatic nitrogens is 2. The molecule has 0 unspecified atom stereocenters. The third-order valence-electron chi connectivity index (χ3n) is 4.03. The lowest BCUT2D eigenvalue weighted by molar-refractivity contribution is -0.153. The average Bonchev–Trinajstić information content (AvgIpc) is 2.67. The molecule has 0 radical (unpaired) electrons. The monoisotopic (exact) mass is 483 g/mol. The number of hydrogen-bond donors (Lipinski definition) is 2. The van der Waals surface area contributed by atoms with Gasteiger partial charge in [-0.15, -0.1) is 0 Å². The third kappa shape index (κ3) is 8.43. The predicted octanol–water partition coefficient (Wildman–Crippen LogP) is 1.66. The topological polar surface area (TPSA) is 119 Å². The molecule has 32 heavy (non-hydrogen) atoms. The number of halogens is 4. The fraction of sp³-hybridized carbons (Fsp3) is 0.444. The predicted molar refractivity (Wildman–Crippen MR) is 105 cm³/mol. The van der Waals surface area contributed by atoms with Crippen LogP contribution >= 0.6 is 0 Å². The highest BCUT2D eigenvalue weighted by Gasteiger charge is 2.29. The lowest BCUT2D eigenvalue weighted by atomic mass is 10.1. The van der Waals surface area contributed by atoms with Gasteiger partial charge in [-0.05, 0) is 31.0 Å². The largest absolute Gasteiger partial charge is 0.481 e. The molecule has 2 aromatic rings. The number of aromatic amines is 1. The van der Waals surface area contributed by atoms with Crippen molar-refractivity contribution in [2.75, 3.05) is 19.0 Å². The van der Waals surface area contributed by atoms with Crippen LogP contribution < -0.4 is 20.7 Å². The molecule has 0 saturated carbocycles. The van der Waals surface area contributed by atoms with E-state index in [9.17, 15) is 35.6 Å². The van der Waals surface area contributed by atoms with Gasteiger partial charge in [-0.2, -0.15) is 13.2 Å². The fourth-order valence-electron chi connectivity index (χ4n) is 2.52. The lowest BCUT2D eigenvalue weighted by Gasteiger charge is -2.17. The van der Waals surface area contributed by atoms with E-state index in [1.165, 1.54) is 19.2 Å². The Balaban J connectivity index is 1.85. The smallest absolute Gasteiger partial charge is 0.422 e. The van der Waals surface area contributed by atoms with E-state index < -0.39 is 51.7 Å². The molecule has 0 saturated heterocycles. The van der Waals surface area contributed by atoms with Crippen LogP contribution in [-0.2, 0) is 21.5 Å². The normalized spacial score (nSPS) is 13.2. The molecule has 1 aromatic heterocycles. The van der Waals surface area contributed by atoms with Gasteiger partial charge in [0.2, 0.25) is 10.0 Å². The van der Waals surface area contributed by atoms with Crippen LogP contribution in [0.15, 0.2) is 40.1 Å². The Morgan fingerprint density at radius 3 is 2.59 bits per heavy atom. The summed E-state index contributed by atoms with van der Waals surface area (Å²) in [5, 5.41) is 0. The first-order chi connectivity index (χ1) is 14.9. The summed E-state index contributed by atoms with van der Waals surface area (Å²) in [5.74, 6) is -1.99. The van der Waals surface area contributed by atoms with Gasteiger partial charge < -0.3 is 9.47 Å². The Labute approximate surface area is 180 Å². The first-order valence-corrected chi connectivity index (χ1v) is 10.9. The van der Waals surface area contributed by atoms with Gasteiger partial charge in [0, 0.05) is 24.9 Å². The summed E-state index contributed by atoms with van der Waals surface area (Å²) in [4.78, 5) is 24.5. The number of rotatable bonds is 11. The number of alkyl halides is 3. The minimum Gasteiger partial charge on any atom is -0.481 e. The maximum atomic E-state index is 13.7. The maximum absolute atomic E-state index is 13.7. The van der Waals surface area contributed by atoms with Crippen LogP contribution in [0, 0.1) is 5.82 Å². The summed E-state index contributed by atoms with van der Waals surface area (Å²) >= 11 is 0. The summed E-state index contributed by atoms with van der Waals surface area (Å²) in [5.41, 5.74) is -1.02. The van der Waals surface area contributed by atoms with Crippen molar-refractivity contribution in [3.63, 3.8) is 0 Å². The summed E-state index contributed by atoms with van der Waals surface area (Å²) in [6, 6.07) is 3.39. The molecule has 2 N–H and O–H groups in total. The zero-order valence-corrected chi connectivity index (χ0v) is 17.6. The van der Waals surface area contributed by atoms with Crippen molar-refractivity contribution in [2.45, 2.75) is 32.3 Å². The van der Waals surface area contributed by atoms with E-state index >= 15 is 0 Å². The summed E-state index contributed by atoms with van der Waals surface area (Å²) < 4.78 is 88.0. The SMILES string of the molecule is C[C@@H](NS(=O)(=O)CCCOCn1ccc(=O)[nH]c1=O)c1ccc(F)c(OCC(F)(F)F)c1. The van der Waals surface area contributed by atoms with E-state index in [2.05, 4.69) is 9.46 Å². The number of sulfonamides is 1. The lowest BCUT2D eigenvalue weighted by Crippen LogP contribution is -2.30. The van der Waals surface area contributed by atoms with E-state index in [0.717, 1.165) is 22.8 Å². The minimum absolute atomic E-state index is 0.00711. The maximum Gasteiger partial charge on any atom is 0.422 e. The number of nitrogens with zero attached hydrogens (tertiary/aromatic N) is 1. The van der Waals surface area contributed by atoms with Gasteiger partial charge in [0.05, 0.1) is 5.75 Å². The van der Waals surface area contributed by atoms with Crippen molar-refractivity contribution in [2.24, 2.45) is 0 Å². The summed E-state index contributed by atoms with van der Waals surface area (Å²) in [6.07, 6.45) is -3.34. The Bertz CT molecular complexity index is 1130. The second-order valence-corrected chi connectivity index (χ2v) is 8.60. The second kappa shape index (κ2) is 10.7. The van der Waals surface area contributed by atoms with E-state index in [-0.39, 0.29) is 31.1 Å². The van der Waals surface area contributed by atoms with E-state index in [4.69, 9.17) is 4.74 Å². The highest BCUT2D eigenvalue weighted by atomic mass is 32.2. The molecule has 0 fully saturated rings. The number of hydrogen-bond acceptors (Lipinski definition) is 6. The Morgan fingerprint density at radius 2 is 1.94 bits per heavy atom. The van der Waals surface area contributed by atoms with Crippen LogP contribution in [0.4, 0.5) is 17.6 Å². The molecule has 1 atom stereocenters. The van der Waals surface area contributed by atoms with Gasteiger partial charge in [0.15, 0.2) is 18.2 Å². The highest BCUT2D eigenvalue weighted by Crippen LogP contribution is 2.25. The molecule has 0 spiro atoms. The van der Waals surface area contributed by atoms with Gasteiger partial charge in [0.25, 0.3) is 5.56 Å². The van der Waals surface area contributed by atoms with Crippen molar-refractivity contribution >= 4 is 10.0 Å². The quantitative estimate of drug-likeness (QED) is 0.371. The number of H-pyrrole nitrogens is 1. The molecule has 1 heterocycles. The van der Waals surface area contributed by atoms with Crippen LogP contribution in [0.2, 0.25) is 0 Å². The molecule has 1 aromatic carbocycles. The third-order valence-corrected chi connectivity index (χ3v) is 5.57. The fourth-order valence-corrected chi connectivity index (χ4v) is 3.81. The Hall–Kier alpha value is -2.71. The number of nitrogens with one attached hydrogen (secondary N) is 2. The standard InChI is InChI=1S/C18H21F4N3O6S/c1-12(13-3-4-14(19)15(9-13)31-10-18(20,21)22)24-32(28,29)8-2-7-30-11-25-6-5-16(26)23-17(25)27/h3-6,9,12,24H,2,7-8,10-11H2,1H3,(H,23,26,27)/t12-/m1/s1. The van der Waals surface area contributed by atoms with Crippen LogP contribution in [-0.4, -0.2) is 43.1 Å². The first kappa shape index (κ1) is 25.5. The van der Waals surface area contributed by atoms with E-state index in [1.54, 1.807) is 0 Å². The van der Waals surface area contributed by atoms with E-state index in [1.807, 2.05) is 4.98 Å². The Morgan fingerprint density at radius 1 is 1.22 bits per heavy atom. The average molecular weight is 483 g/mol. The molecular formula is C18H21F4N3O6S. The van der Waals surface area contributed by atoms with Crippen molar-refractivity contribution in [1.29, 1.82) is 0 Å². The van der Waals surface area contributed by atoms with Gasteiger partial charge in [0.1, 0.15) is 6.73 Å². The molecule has 0 aliphatic heterocycles. The summed E-state index contributed by atoms with van der Waals surface area (Å²) in [7, 11) is -3.81. The molecule has 2 rings (SSSR count). The minimum atomic E-state index is -4.65. The van der Waals surface area contributed by atoms with Gasteiger partial charge in [-0.1, -0.05) is 6.07 Å². The van der Waals surface area contributed by atoms with Crippen molar-refractivity contribution in [3.8, 4) is 5.75 Å². The molecule has 178 valence electrons. The van der Waals surface area contributed by atoms with Crippen LogP contribution in [0.25, 0.3) is 0 Å². The molecular weight excluding hydrogens is 462 g/mol. The molecule has 0 amide bonds. The molecule has 14 heteroatoms. The highest BCUT2D eigenvalue weighted by molar-refractivity contribution is 7.89. The van der Waals surface area contributed by atoms with E-state index in [0.29, 0.717) is 0 Å². The summed E-state index contributed by atoms with van der Waals surface area (Å²) in [6.45, 7) is -0.432. The first-order valence-electron chi connectivity index (χ1n) is 9.23. The molecule has 9 nitrogen and oxygen atoms in total. The molecule has 0 aliphatic carbocycles. The Kier molecular flexibility index (Phi) is 8.58.